The van der Waals surface area contributed by atoms with Crippen molar-refractivity contribution in [2.24, 2.45) is 17.8 Å². The van der Waals surface area contributed by atoms with E-state index in [1.54, 1.807) is 25.3 Å². The average molecular weight is 347 g/mol. The Labute approximate surface area is 147 Å². The van der Waals surface area contributed by atoms with Gasteiger partial charge in [-0.15, -0.1) is 0 Å². The van der Waals surface area contributed by atoms with E-state index in [-0.39, 0.29) is 18.2 Å². The van der Waals surface area contributed by atoms with E-state index in [2.05, 4.69) is 5.32 Å². The molecule has 6 heteroatoms. The minimum absolute atomic E-state index is 0.0268. The molecular weight excluding hydrogens is 322 g/mol. The molecule has 2 N–H and O–H groups in total. The Hall–Kier alpha value is -2.24. The van der Waals surface area contributed by atoms with E-state index in [0.717, 1.165) is 12.8 Å². The number of carboxylic acids is 1. The summed E-state index contributed by atoms with van der Waals surface area (Å²) in [7, 11) is 3.08. The molecule has 0 spiro atoms. The minimum Gasteiger partial charge on any atom is -0.497 e. The molecule has 0 aromatic heterocycles. The van der Waals surface area contributed by atoms with Crippen LogP contribution < -0.4 is 14.8 Å². The standard InChI is InChI=1S/C19H25NO5/c1-24-11-7-8-14(16(9-11)25-2)15(10-17(21)22)20-19(23)18-12-5-3-4-6-13(12)18/h7-9,12-13,15,18H,3-6,10H2,1-2H3,(H,20,23)(H,21,22)/t12-,13-,15+/m1/s1. The predicted octanol–water partition coefficient (Wildman–Crippen LogP) is 2.77. The Morgan fingerprint density at radius 3 is 2.44 bits per heavy atom. The number of hydrogen-bond donors (Lipinski definition) is 2. The van der Waals surface area contributed by atoms with Crippen molar-refractivity contribution in [1.82, 2.24) is 5.32 Å². The number of methoxy groups -OCH3 is 2. The fourth-order valence-electron chi connectivity index (χ4n) is 4.17. The van der Waals surface area contributed by atoms with E-state index in [1.807, 2.05) is 0 Å². The number of benzene rings is 1. The van der Waals surface area contributed by atoms with Crippen molar-refractivity contribution in [3.63, 3.8) is 0 Å². The maximum atomic E-state index is 12.7. The first kappa shape index (κ1) is 17.6. The van der Waals surface area contributed by atoms with Gasteiger partial charge in [0.1, 0.15) is 11.5 Å². The number of fused-ring (bicyclic) bond motifs is 1. The summed E-state index contributed by atoms with van der Waals surface area (Å²) in [4.78, 5) is 24.0. The molecule has 2 aliphatic rings. The van der Waals surface area contributed by atoms with Crippen molar-refractivity contribution >= 4 is 11.9 Å². The molecule has 1 amide bonds. The van der Waals surface area contributed by atoms with Gasteiger partial charge in [0.15, 0.2) is 0 Å². The Bertz CT molecular complexity index is 647. The highest BCUT2D eigenvalue weighted by Crippen LogP contribution is 2.55. The lowest BCUT2D eigenvalue weighted by Crippen LogP contribution is -2.32. The molecule has 1 aromatic rings. The molecule has 0 unspecified atom stereocenters. The first-order valence-electron chi connectivity index (χ1n) is 8.79. The van der Waals surface area contributed by atoms with E-state index < -0.39 is 12.0 Å². The second-order valence-corrected chi connectivity index (χ2v) is 6.90. The number of nitrogens with one attached hydrogen (secondary N) is 1. The molecule has 3 rings (SSSR count). The summed E-state index contributed by atoms with van der Waals surface area (Å²) in [5.41, 5.74) is 0.655. The number of amides is 1. The van der Waals surface area contributed by atoms with Crippen molar-refractivity contribution in [2.75, 3.05) is 14.2 Å². The van der Waals surface area contributed by atoms with Crippen LogP contribution in [0, 0.1) is 17.8 Å². The number of rotatable bonds is 7. The molecule has 3 atom stereocenters. The summed E-state index contributed by atoms with van der Waals surface area (Å²) in [6.45, 7) is 0. The lowest BCUT2D eigenvalue weighted by atomic mass is 10.0. The Kier molecular flexibility index (Phi) is 5.16. The van der Waals surface area contributed by atoms with Crippen LogP contribution >= 0.6 is 0 Å². The van der Waals surface area contributed by atoms with Gasteiger partial charge in [0.2, 0.25) is 5.91 Å². The summed E-state index contributed by atoms with van der Waals surface area (Å²) >= 11 is 0. The quantitative estimate of drug-likeness (QED) is 0.792. The number of carboxylic acid groups (broad SMARTS) is 1. The fourth-order valence-corrected chi connectivity index (χ4v) is 4.17. The highest BCUT2D eigenvalue weighted by molar-refractivity contribution is 5.83. The number of aliphatic carboxylic acids is 1. The van der Waals surface area contributed by atoms with Crippen molar-refractivity contribution in [1.29, 1.82) is 0 Å². The van der Waals surface area contributed by atoms with E-state index in [1.165, 1.54) is 20.0 Å². The Balaban J connectivity index is 1.78. The molecule has 0 heterocycles. The lowest BCUT2D eigenvalue weighted by molar-refractivity contribution is -0.137. The summed E-state index contributed by atoms with van der Waals surface area (Å²) in [5.74, 6) is 1.16. The molecule has 2 aliphatic carbocycles. The maximum absolute atomic E-state index is 12.7. The van der Waals surface area contributed by atoms with E-state index >= 15 is 0 Å². The number of hydrogen-bond acceptors (Lipinski definition) is 4. The molecule has 25 heavy (non-hydrogen) atoms. The Morgan fingerprint density at radius 2 is 1.88 bits per heavy atom. The van der Waals surface area contributed by atoms with Crippen molar-refractivity contribution in [3.8, 4) is 11.5 Å². The van der Waals surface area contributed by atoms with Crippen molar-refractivity contribution < 1.29 is 24.2 Å². The van der Waals surface area contributed by atoms with Gasteiger partial charge in [-0.25, -0.2) is 0 Å². The molecule has 2 fully saturated rings. The third-order valence-electron chi connectivity index (χ3n) is 5.47. The third-order valence-corrected chi connectivity index (χ3v) is 5.47. The van der Waals surface area contributed by atoms with Gasteiger partial charge >= 0.3 is 5.97 Å². The van der Waals surface area contributed by atoms with Crippen LogP contribution in [0.1, 0.15) is 43.7 Å². The van der Waals surface area contributed by atoms with E-state index in [4.69, 9.17) is 9.47 Å². The number of carbonyl (C=O) groups is 2. The smallest absolute Gasteiger partial charge is 0.305 e. The Morgan fingerprint density at radius 1 is 1.20 bits per heavy atom. The van der Waals surface area contributed by atoms with Gasteiger partial charge in [0.25, 0.3) is 0 Å². The van der Waals surface area contributed by atoms with Gasteiger partial charge < -0.3 is 19.9 Å². The van der Waals surface area contributed by atoms with E-state index in [0.29, 0.717) is 28.9 Å². The van der Waals surface area contributed by atoms with Crippen molar-refractivity contribution in [2.45, 2.75) is 38.1 Å². The van der Waals surface area contributed by atoms with Crippen molar-refractivity contribution in [3.05, 3.63) is 23.8 Å². The first-order valence-corrected chi connectivity index (χ1v) is 8.79. The first-order chi connectivity index (χ1) is 12.0. The zero-order chi connectivity index (χ0) is 18.0. The second kappa shape index (κ2) is 7.33. The molecule has 136 valence electrons. The van der Waals surface area contributed by atoms with Crippen LogP contribution in [0.15, 0.2) is 18.2 Å². The number of carbonyl (C=O) groups excluding carboxylic acids is 1. The van der Waals surface area contributed by atoms with Crippen LogP contribution in [0.5, 0.6) is 11.5 Å². The third kappa shape index (κ3) is 3.72. The minimum atomic E-state index is -0.962. The molecular formula is C19H25NO5. The van der Waals surface area contributed by atoms with Crippen LogP contribution in [0.25, 0.3) is 0 Å². The second-order valence-electron chi connectivity index (χ2n) is 6.90. The van der Waals surface area contributed by atoms with Gasteiger partial charge in [-0.3, -0.25) is 9.59 Å². The van der Waals surface area contributed by atoms with E-state index in [9.17, 15) is 14.7 Å². The fraction of sp³-hybridized carbons (Fsp3) is 0.579. The molecule has 0 radical (unpaired) electrons. The van der Waals surface area contributed by atoms with Gasteiger partial charge in [-0.1, -0.05) is 12.8 Å². The molecule has 6 nitrogen and oxygen atoms in total. The summed E-state index contributed by atoms with van der Waals surface area (Å²) in [6.07, 6.45) is 4.42. The van der Waals surface area contributed by atoms with Gasteiger partial charge in [0.05, 0.1) is 26.7 Å². The highest BCUT2D eigenvalue weighted by Gasteiger charge is 2.54. The number of ether oxygens (including phenoxy) is 2. The molecule has 1 aromatic carbocycles. The van der Waals surface area contributed by atoms with Gasteiger partial charge in [-0.2, -0.15) is 0 Å². The van der Waals surface area contributed by atoms with Crippen LogP contribution in [0.4, 0.5) is 0 Å². The topological polar surface area (TPSA) is 84.9 Å². The summed E-state index contributed by atoms with van der Waals surface area (Å²) in [5, 5.41) is 12.2. The maximum Gasteiger partial charge on any atom is 0.305 e. The SMILES string of the molecule is COc1ccc([C@H](CC(=O)O)NC(=O)C2[C@@H]3CCCC[C@@H]23)c(OC)c1. The zero-order valence-corrected chi connectivity index (χ0v) is 14.7. The molecule has 0 aliphatic heterocycles. The predicted molar refractivity (Wildman–Crippen MR) is 91.6 cm³/mol. The van der Waals surface area contributed by atoms with Crippen LogP contribution in [-0.2, 0) is 9.59 Å². The van der Waals surface area contributed by atoms with Gasteiger partial charge in [0, 0.05) is 17.5 Å². The normalized spacial score (nSPS) is 25.4. The molecule has 0 bridgehead atoms. The average Bonchev–Trinajstić information content (AvgIpc) is 3.34. The highest BCUT2D eigenvalue weighted by atomic mass is 16.5. The van der Waals surface area contributed by atoms with Crippen LogP contribution in [0.3, 0.4) is 0 Å². The summed E-state index contributed by atoms with van der Waals surface area (Å²) in [6, 6.07) is 4.59. The largest absolute Gasteiger partial charge is 0.497 e. The van der Waals surface area contributed by atoms with Crippen LogP contribution in [0.2, 0.25) is 0 Å². The zero-order valence-electron chi connectivity index (χ0n) is 14.7. The monoisotopic (exact) mass is 347 g/mol. The van der Waals surface area contributed by atoms with Gasteiger partial charge in [-0.05, 0) is 36.8 Å². The lowest BCUT2D eigenvalue weighted by Gasteiger charge is -2.20. The molecule has 2 saturated carbocycles. The summed E-state index contributed by atoms with van der Waals surface area (Å²) < 4.78 is 10.6. The molecule has 0 saturated heterocycles. The van der Waals surface area contributed by atoms with Crippen LogP contribution in [-0.4, -0.2) is 31.2 Å².